The van der Waals surface area contributed by atoms with Gasteiger partial charge in [0.2, 0.25) is 5.91 Å². The maximum atomic E-state index is 11.5. The number of hydrazine groups is 1. The third kappa shape index (κ3) is 4.30. The molecule has 1 aromatic heterocycles. The van der Waals surface area contributed by atoms with Crippen LogP contribution in [0.5, 0.6) is 0 Å². The summed E-state index contributed by atoms with van der Waals surface area (Å²) in [6, 6.07) is 2.00. The number of nitrogens with two attached hydrogens (primary N) is 2. The topological polar surface area (TPSA) is 101 Å². The van der Waals surface area contributed by atoms with Gasteiger partial charge in [-0.3, -0.25) is 19.9 Å². The van der Waals surface area contributed by atoms with E-state index in [9.17, 15) is 9.59 Å². The molecular formula is C12H20N4O2S. The van der Waals surface area contributed by atoms with Crippen LogP contribution in [0.2, 0.25) is 0 Å². The smallest absolute Gasteiger partial charge is 0.275 e. The molecule has 0 unspecified atom stereocenters. The molecule has 2 amide bonds. The zero-order valence-electron chi connectivity index (χ0n) is 11.4. The third-order valence-electron chi connectivity index (χ3n) is 2.84. The number of nitrogens with one attached hydrogen (secondary N) is 1. The average Bonchev–Trinajstić information content (AvgIpc) is 2.68. The molecule has 0 aliphatic rings. The minimum Gasteiger partial charge on any atom is -0.369 e. The van der Waals surface area contributed by atoms with Crippen LogP contribution in [0, 0.1) is 6.92 Å². The van der Waals surface area contributed by atoms with E-state index >= 15 is 0 Å². The summed E-state index contributed by atoms with van der Waals surface area (Å²) in [6.45, 7) is 6.72. The van der Waals surface area contributed by atoms with Gasteiger partial charge in [0.25, 0.3) is 5.91 Å². The van der Waals surface area contributed by atoms with E-state index in [2.05, 4.69) is 5.43 Å². The fourth-order valence-corrected chi connectivity index (χ4v) is 2.64. The second-order valence-corrected chi connectivity index (χ2v) is 5.89. The van der Waals surface area contributed by atoms with E-state index < -0.39 is 0 Å². The lowest BCUT2D eigenvalue weighted by molar-refractivity contribution is -0.119. The summed E-state index contributed by atoms with van der Waals surface area (Å²) in [5, 5.41) is 0. The Labute approximate surface area is 116 Å². The number of carbonyl (C=O) groups excluding carboxylic acids is 2. The molecule has 0 bridgehead atoms. The summed E-state index contributed by atoms with van der Waals surface area (Å²) < 4.78 is 0. The van der Waals surface area contributed by atoms with E-state index in [4.69, 9.17) is 11.6 Å². The first-order valence-electron chi connectivity index (χ1n) is 5.97. The zero-order chi connectivity index (χ0) is 14.6. The van der Waals surface area contributed by atoms with Crippen molar-refractivity contribution in [2.75, 3.05) is 6.54 Å². The van der Waals surface area contributed by atoms with Crippen molar-refractivity contribution < 1.29 is 9.59 Å². The summed E-state index contributed by atoms with van der Waals surface area (Å²) >= 11 is 1.38. The van der Waals surface area contributed by atoms with Crippen LogP contribution < -0.4 is 17.0 Å². The van der Waals surface area contributed by atoms with Crippen molar-refractivity contribution in [1.82, 2.24) is 10.3 Å². The Morgan fingerprint density at radius 3 is 2.58 bits per heavy atom. The summed E-state index contributed by atoms with van der Waals surface area (Å²) in [5.41, 5.74) is 8.37. The van der Waals surface area contributed by atoms with Gasteiger partial charge in [-0.1, -0.05) is 0 Å². The van der Waals surface area contributed by atoms with Crippen molar-refractivity contribution in [2.24, 2.45) is 11.6 Å². The standard InChI is InChI=1S/C12H20N4O2S/c1-7(2)16(6-11(13)17)5-9-4-10(12(18)15-14)19-8(9)3/h4,7H,5-6,14H2,1-3H3,(H2,13,17)(H,15,18). The molecule has 0 saturated carbocycles. The van der Waals surface area contributed by atoms with Crippen LogP contribution in [0.15, 0.2) is 6.07 Å². The fraction of sp³-hybridized carbons (Fsp3) is 0.500. The predicted octanol–water partition coefficient (Wildman–Crippen LogP) is 0.356. The highest BCUT2D eigenvalue weighted by atomic mass is 32.1. The van der Waals surface area contributed by atoms with Crippen molar-refractivity contribution in [3.05, 3.63) is 21.4 Å². The lowest BCUT2D eigenvalue weighted by Crippen LogP contribution is -2.38. The summed E-state index contributed by atoms with van der Waals surface area (Å²) in [5.74, 6) is 4.45. The molecule has 0 radical (unpaired) electrons. The molecule has 0 saturated heterocycles. The molecule has 0 aliphatic heterocycles. The van der Waals surface area contributed by atoms with E-state index in [-0.39, 0.29) is 24.4 Å². The Morgan fingerprint density at radius 1 is 1.47 bits per heavy atom. The van der Waals surface area contributed by atoms with Crippen molar-refractivity contribution in [2.45, 2.75) is 33.4 Å². The Balaban J connectivity index is 2.87. The summed E-state index contributed by atoms with van der Waals surface area (Å²) in [7, 11) is 0. The van der Waals surface area contributed by atoms with Crippen LogP contribution in [0.3, 0.4) is 0 Å². The maximum Gasteiger partial charge on any atom is 0.275 e. The second-order valence-electron chi connectivity index (χ2n) is 4.63. The van der Waals surface area contributed by atoms with Gasteiger partial charge >= 0.3 is 0 Å². The van der Waals surface area contributed by atoms with Crippen molar-refractivity contribution >= 4 is 23.2 Å². The molecule has 19 heavy (non-hydrogen) atoms. The number of nitrogens with zero attached hydrogens (tertiary/aromatic N) is 1. The van der Waals surface area contributed by atoms with Gasteiger partial charge < -0.3 is 5.73 Å². The number of carbonyl (C=O) groups is 2. The van der Waals surface area contributed by atoms with E-state index in [1.165, 1.54) is 11.3 Å². The molecule has 0 fully saturated rings. The molecule has 106 valence electrons. The van der Waals surface area contributed by atoms with Crippen LogP contribution >= 0.6 is 11.3 Å². The Bertz CT molecular complexity index is 470. The van der Waals surface area contributed by atoms with Crippen LogP contribution in [-0.4, -0.2) is 29.3 Å². The third-order valence-corrected chi connectivity index (χ3v) is 3.93. The van der Waals surface area contributed by atoms with Gasteiger partial charge in [0, 0.05) is 17.5 Å². The SMILES string of the molecule is Cc1sc(C(=O)NN)cc1CN(CC(N)=O)C(C)C. The number of nitrogen functional groups attached to an aromatic ring is 1. The number of rotatable bonds is 6. The first kappa shape index (κ1) is 15.6. The van der Waals surface area contributed by atoms with E-state index in [1.807, 2.05) is 25.7 Å². The molecule has 6 nitrogen and oxygen atoms in total. The first-order chi connectivity index (χ1) is 8.85. The number of amides is 2. The molecule has 0 atom stereocenters. The lowest BCUT2D eigenvalue weighted by Gasteiger charge is -2.24. The molecule has 0 aliphatic carbocycles. The van der Waals surface area contributed by atoms with Gasteiger partial charge in [-0.25, -0.2) is 5.84 Å². The fourth-order valence-electron chi connectivity index (χ4n) is 1.70. The van der Waals surface area contributed by atoms with Crippen LogP contribution in [0.1, 0.15) is 34.0 Å². The normalized spacial score (nSPS) is 11.1. The Kier molecular flexibility index (Phi) is 5.46. The largest absolute Gasteiger partial charge is 0.369 e. The monoisotopic (exact) mass is 284 g/mol. The van der Waals surface area contributed by atoms with Gasteiger partial charge in [-0.05, 0) is 32.4 Å². The van der Waals surface area contributed by atoms with Crippen molar-refractivity contribution in [3.63, 3.8) is 0 Å². The van der Waals surface area contributed by atoms with Gasteiger partial charge in [0.1, 0.15) is 0 Å². The molecule has 0 aromatic carbocycles. The molecule has 0 spiro atoms. The number of hydrogen-bond donors (Lipinski definition) is 3. The second kappa shape index (κ2) is 6.65. The zero-order valence-corrected chi connectivity index (χ0v) is 12.2. The average molecular weight is 284 g/mol. The molecule has 1 heterocycles. The van der Waals surface area contributed by atoms with E-state index in [0.717, 1.165) is 10.4 Å². The first-order valence-corrected chi connectivity index (χ1v) is 6.79. The van der Waals surface area contributed by atoms with Crippen LogP contribution in [-0.2, 0) is 11.3 Å². The number of hydrogen-bond acceptors (Lipinski definition) is 5. The lowest BCUT2D eigenvalue weighted by atomic mass is 10.2. The maximum absolute atomic E-state index is 11.5. The highest BCUT2D eigenvalue weighted by Gasteiger charge is 2.17. The molecule has 1 rings (SSSR count). The van der Waals surface area contributed by atoms with Crippen LogP contribution in [0.25, 0.3) is 0 Å². The van der Waals surface area contributed by atoms with Gasteiger partial charge in [-0.15, -0.1) is 11.3 Å². The number of aryl methyl sites for hydroxylation is 1. The number of thiophene rings is 1. The van der Waals surface area contributed by atoms with Gasteiger partial charge in [-0.2, -0.15) is 0 Å². The highest BCUT2D eigenvalue weighted by molar-refractivity contribution is 7.14. The van der Waals surface area contributed by atoms with Gasteiger partial charge in [0.15, 0.2) is 0 Å². The van der Waals surface area contributed by atoms with Crippen molar-refractivity contribution in [3.8, 4) is 0 Å². The van der Waals surface area contributed by atoms with E-state index in [1.54, 1.807) is 6.07 Å². The molecule has 1 aromatic rings. The summed E-state index contributed by atoms with van der Waals surface area (Å²) in [4.78, 5) is 26.1. The minimum absolute atomic E-state index is 0.193. The Hall–Kier alpha value is -1.44. The predicted molar refractivity (Wildman–Crippen MR) is 75.5 cm³/mol. The number of primary amides is 1. The highest BCUT2D eigenvalue weighted by Crippen LogP contribution is 2.23. The Morgan fingerprint density at radius 2 is 2.11 bits per heavy atom. The van der Waals surface area contributed by atoms with E-state index in [0.29, 0.717) is 11.4 Å². The molecular weight excluding hydrogens is 264 g/mol. The van der Waals surface area contributed by atoms with Gasteiger partial charge in [0.05, 0.1) is 11.4 Å². The van der Waals surface area contributed by atoms with Crippen LogP contribution in [0.4, 0.5) is 0 Å². The molecule has 5 N–H and O–H groups in total. The quantitative estimate of drug-likeness (QED) is 0.398. The minimum atomic E-state index is -0.360. The van der Waals surface area contributed by atoms with Crippen molar-refractivity contribution in [1.29, 1.82) is 0 Å². The summed E-state index contributed by atoms with van der Waals surface area (Å²) in [6.07, 6.45) is 0. The molecule has 7 heteroatoms.